The van der Waals surface area contributed by atoms with Gasteiger partial charge in [-0.25, -0.2) is 4.98 Å². The molecule has 0 aliphatic heterocycles. The predicted octanol–water partition coefficient (Wildman–Crippen LogP) is 4.07. The number of anilines is 2. The molecule has 0 unspecified atom stereocenters. The van der Waals surface area contributed by atoms with Gasteiger partial charge in [-0.2, -0.15) is 4.98 Å². The highest BCUT2D eigenvalue weighted by molar-refractivity contribution is 6.28. The first-order valence-electron chi connectivity index (χ1n) is 8.20. The molecular formula is C19H20ClN3O5. The van der Waals surface area contributed by atoms with E-state index in [2.05, 4.69) is 15.3 Å². The van der Waals surface area contributed by atoms with Gasteiger partial charge >= 0.3 is 0 Å². The van der Waals surface area contributed by atoms with E-state index in [1.54, 1.807) is 59.8 Å². The first kappa shape index (κ1) is 19.6. The van der Waals surface area contributed by atoms with Crippen LogP contribution in [0.4, 0.5) is 11.5 Å². The number of hydrogen-bond acceptors (Lipinski definition) is 8. The van der Waals surface area contributed by atoms with Gasteiger partial charge in [0.25, 0.3) is 0 Å². The van der Waals surface area contributed by atoms with Gasteiger partial charge in [-0.3, -0.25) is 0 Å². The molecule has 9 heteroatoms. The quantitative estimate of drug-likeness (QED) is 0.589. The zero-order valence-electron chi connectivity index (χ0n) is 16.1. The first-order chi connectivity index (χ1) is 13.5. The Morgan fingerprint density at radius 2 is 1.29 bits per heavy atom. The number of rotatable bonds is 7. The second kappa shape index (κ2) is 8.26. The van der Waals surface area contributed by atoms with E-state index in [0.717, 1.165) is 0 Å². The summed E-state index contributed by atoms with van der Waals surface area (Å²) in [6.07, 6.45) is 0. The minimum absolute atomic E-state index is 0.0923. The summed E-state index contributed by atoms with van der Waals surface area (Å²) in [6.45, 7) is 0. The minimum atomic E-state index is 0.0923. The van der Waals surface area contributed by atoms with Crippen LogP contribution in [0.3, 0.4) is 0 Å². The zero-order chi connectivity index (χ0) is 20.3. The Balaban J connectivity index is 2.14. The van der Waals surface area contributed by atoms with E-state index < -0.39 is 0 Å². The molecule has 3 rings (SSSR count). The average molecular weight is 406 g/mol. The second-order valence-corrected chi connectivity index (χ2v) is 5.94. The van der Waals surface area contributed by atoms with Crippen molar-refractivity contribution in [3.63, 3.8) is 0 Å². The van der Waals surface area contributed by atoms with Crippen molar-refractivity contribution < 1.29 is 23.7 Å². The van der Waals surface area contributed by atoms with Crippen LogP contribution in [0.15, 0.2) is 24.3 Å². The van der Waals surface area contributed by atoms with Gasteiger partial charge in [0, 0.05) is 29.3 Å². The molecule has 1 N–H and O–H groups in total. The fourth-order valence-corrected chi connectivity index (χ4v) is 2.99. The maximum atomic E-state index is 6.12. The van der Waals surface area contributed by atoms with Gasteiger partial charge in [-0.1, -0.05) is 0 Å². The van der Waals surface area contributed by atoms with Gasteiger partial charge in [0.15, 0.2) is 23.0 Å². The van der Waals surface area contributed by atoms with Crippen LogP contribution in [-0.4, -0.2) is 45.5 Å². The number of ether oxygens (including phenoxy) is 5. The van der Waals surface area contributed by atoms with Crippen molar-refractivity contribution in [2.24, 2.45) is 0 Å². The molecule has 0 fully saturated rings. The summed E-state index contributed by atoms with van der Waals surface area (Å²) in [5, 5.41) is 4.03. The molecule has 1 heterocycles. The molecule has 0 spiro atoms. The first-order valence-corrected chi connectivity index (χ1v) is 8.58. The summed E-state index contributed by atoms with van der Waals surface area (Å²) in [5.74, 6) is 3.09. The van der Waals surface area contributed by atoms with E-state index in [1.165, 1.54) is 0 Å². The molecule has 8 nitrogen and oxygen atoms in total. The molecule has 0 bridgehead atoms. The van der Waals surface area contributed by atoms with E-state index in [4.69, 9.17) is 35.3 Å². The Labute approximate surface area is 167 Å². The van der Waals surface area contributed by atoms with Crippen LogP contribution in [0.1, 0.15) is 0 Å². The number of benzene rings is 2. The van der Waals surface area contributed by atoms with Gasteiger partial charge in [0.1, 0.15) is 5.82 Å². The summed E-state index contributed by atoms with van der Waals surface area (Å²) in [6, 6.07) is 7.06. The normalized spacial score (nSPS) is 10.5. The maximum Gasteiger partial charge on any atom is 0.224 e. The number of methoxy groups -OCH3 is 5. The molecule has 0 aliphatic rings. The minimum Gasteiger partial charge on any atom is -0.493 e. The van der Waals surface area contributed by atoms with Gasteiger partial charge in [0.05, 0.1) is 41.1 Å². The molecule has 0 saturated carbocycles. The molecule has 0 radical (unpaired) electrons. The average Bonchev–Trinajstić information content (AvgIpc) is 2.71. The Hall–Kier alpha value is -3.13. The lowest BCUT2D eigenvalue weighted by Gasteiger charge is -2.16. The van der Waals surface area contributed by atoms with Crippen molar-refractivity contribution in [3.8, 4) is 28.7 Å². The topological polar surface area (TPSA) is 84.0 Å². The molecule has 0 amide bonds. The van der Waals surface area contributed by atoms with Gasteiger partial charge in [-0.15, -0.1) is 0 Å². The van der Waals surface area contributed by atoms with Crippen LogP contribution in [0.5, 0.6) is 28.7 Å². The zero-order valence-corrected chi connectivity index (χ0v) is 16.9. The van der Waals surface area contributed by atoms with Gasteiger partial charge < -0.3 is 29.0 Å². The fraction of sp³-hybridized carbons (Fsp3) is 0.263. The SMILES string of the molecule is COc1cc2nc(Cl)nc(Nc3cc(OC)c(OC)c(OC)c3)c2cc1OC. The molecule has 3 aromatic rings. The van der Waals surface area contributed by atoms with Crippen molar-refractivity contribution in [2.75, 3.05) is 40.9 Å². The molecule has 0 aliphatic carbocycles. The number of nitrogens with zero attached hydrogens (tertiary/aromatic N) is 2. The Morgan fingerprint density at radius 1 is 0.714 bits per heavy atom. The van der Waals surface area contributed by atoms with E-state index in [1.807, 2.05) is 0 Å². The molecule has 148 valence electrons. The summed E-state index contributed by atoms with van der Waals surface area (Å²) < 4.78 is 26.9. The Bertz CT molecular complexity index is 988. The summed E-state index contributed by atoms with van der Waals surface area (Å²) in [7, 11) is 7.77. The van der Waals surface area contributed by atoms with Crippen molar-refractivity contribution in [3.05, 3.63) is 29.5 Å². The largest absolute Gasteiger partial charge is 0.493 e. The highest BCUT2D eigenvalue weighted by Crippen LogP contribution is 2.41. The van der Waals surface area contributed by atoms with Crippen LogP contribution < -0.4 is 29.0 Å². The van der Waals surface area contributed by atoms with Crippen LogP contribution in [0.2, 0.25) is 5.28 Å². The summed E-state index contributed by atoms with van der Waals surface area (Å²) in [4.78, 5) is 8.58. The number of hydrogen-bond donors (Lipinski definition) is 1. The number of halogens is 1. The molecule has 2 aromatic carbocycles. The Kier molecular flexibility index (Phi) is 5.79. The van der Waals surface area contributed by atoms with Crippen molar-refractivity contribution in [2.45, 2.75) is 0 Å². The third-order valence-electron chi connectivity index (χ3n) is 4.10. The van der Waals surface area contributed by atoms with Crippen molar-refractivity contribution in [1.82, 2.24) is 9.97 Å². The maximum absolute atomic E-state index is 6.12. The molecule has 0 saturated heterocycles. The van der Waals surface area contributed by atoms with Crippen LogP contribution in [-0.2, 0) is 0 Å². The summed E-state index contributed by atoms with van der Waals surface area (Å²) >= 11 is 6.12. The van der Waals surface area contributed by atoms with E-state index >= 15 is 0 Å². The highest BCUT2D eigenvalue weighted by Gasteiger charge is 2.16. The third kappa shape index (κ3) is 3.63. The number of nitrogens with one attached hydrogen (secondary N) is 1. The van der Waals surface area contributed by atoms with E-state index in [0.29, 0.717) is 51.2 Å². The van der Waals surface area contributed by atoms with E-state index in [9.17, 15) is 0 Å². The monoisotopic (exact) mass is 405 g/mol. The van der Waals surface area contributed by atoms with Crippen molar-refractivity contribution >= 4 is 34.0 Å². The standard InChI is InChI=1S/C19H20ClN3O5/c1-24-13-8-11-12(9-14(13)25-2)22-19(20)23-18(11)21-10-6-15(26-3)17(28-5)16(7-10)27-4/h6-9H,1-5H3,(H,21,22,23). The molecule has 28 heavy (non-hydrogen) atoms. The van der Waals surface area contributed by atoms with Crippen molar-refractivity contribution in [1.29, 1.82) is 0 Å². The number of aromatic nitrogens is 2. The lowest BCUT2D eigenvalue weighted by atomic mass is 10.2. The summed E-state index contributed by atoms with van der Waals surface area (Å²) in [5.41, 5.74) is 1.27. The number of fused-ring (bicyclic) bond motifs is 1. The second-order valence-electron chi connectivity index (χ2n) is 5.60. The fourth-order valence-electron chi connectivity index (χ4n) is 2.81. The lowest BCUT2D eigenvalue weighted by molar-refractivity contribution is 0.324. The highest BCUT2D eigenvalue weighted by atomic mass is 35.5. The van der Waals surface area contributed by atoms with E-state index in [-0.39, 0.29) is 5.28 Å². The lowest BCUT2D eigenvalue weighted by Crippen LogP contribution is -2.01. The molecule has 0 atom stereocenters. The van der Waals surface area contributed by atoms with Crippen LogP contribution in [0, 0.1) is 0 Å². The van der Waals surface area contributed by atoms with Gasteiger partial charge in [-0.05, 0) is 17.7 Å². The predicted molar refractivity (Wildman–Crippen MR) is 107 cm³/mol. The van der Waals surface area contributed by atoms with Gasteiger partial charge in [0.2, 0.25) is 11.0 Å². The molecule has 1 aromatic heterocycles. The van der Waals surface area contributed by atoms with Crippen LogP contribution >= 0.6 is 11.6 Å². The Morgan fingerprint density at radius 3 is 1.82 bits per heavy atom. The smallest absolute Gasteiger partial charge is 0.224 e. The third-order valence-corrected chi connectivity index (χ3v) is 4.27. The van der Waals surface area contributed by atoms with Crippen LogP contribution in [0.25, 0.3) is 10.9 Å². The molecular weight excluding hydrogens is 386 g/mol.